The summed E-state index contributed by atoms with van der Waals surface area (Å²) in [6.45, 7) is 5.53. The van der Waals surface area contributed by atoms with E-state index in [4.69, 9.17) is 9.47 Å². The van der Waals surface area contributed by atoms with Gasteiger partial charge in [-0.05, 0) is 38.1 Å². The molecule has 6 heteroatoms. The van der Waals surface area contributed by atoms with Crippen LogP contribution in [-0.2, 0) is 14.3 Å². The van der Waals surface area contributed by atoms with Crippen LogP contribution in [0.25, 0.3) is 0 Å². The number of carbonyl (C=O) groups excluding carboxylic acids is 2. The lowest BCUT2D eigenvalue weighted by molar-refractivity contribution is -0.929. The van der Waals surface area contributed by atoms with Gasteiger partial charge in [-0.15, -0.1) is 0 Å². The molecule has 3 rings (SSSR count). The first-order chi connectivity index (χ1) is 11.0. The lowest BCUT2D eigenvalue weighted by atomic mass is 10.1. The molecule has 1 aromatic rings. The van der Waals surface area contributed by atoms with Gasteiger partial charge in [-0.25, -0.2) is 4.90 Å². The first-order valence-electron chi connectivity index (χ1n) is 8.00. The summed E-state index contributed by atoms with van der Waals surface area (Å²) in [5.41, 5.74) is 0.608. The van der Waals surface area contributed by atoms with Crippen LogP contribution in [0.2, 0.25) is 0 Å². The minimum atomic E-state index is -0.307. The molecule has 2 fully saturated rings. The second kappa shape index (κ2) is 6.29. The highest BCUT2D eigenvalue weighted by Gasteiger charge is 2.47. The fourth-order valence-corrected chi connectivity index (χ4v) is 3.55. The van der Waals surface area contributed by atoms with E-state index in [9.17, 15) is 9.59 Å². The number of morpholine rings is 1. The molecular formula is C17H23N2O4+. The number of methoxy groups -OCH3 is 1. The molecule has 2 heterocycles. The van der Waals surface area contributed by atoms with Crippen LogP contribution in [-0.4, -0.2) is 50.3 Å². The molecule has 23 heavy (non-hydrogen) atoms. The fraction of sp³-hybridized carbons (Fsp3) is 0.529. The molecule has 2 amide bonds. The Balaban J connectivity index is 1.79. The lowest BCUT2D eigenvalue weighted by Gasteiger charge is -2.34. The Morgan fingerprint density at radius 3 is 2.30 bits per heavy atom. The van der Waals surface area contributed by atoms with Crippen molar-refractivity contribution < 1.29 is 24.0 Å². The summed E-state index contributed by atoms with van der Waals surface area (Å²) in [4.78, 5) is 27.6. The molecule has 1 aromatic carbocycles. The number of hydrogen-bond acceptors (Lipinski definition) is 4. The fourth-order valence-electron chi connectivity index (χ4n) is 3.55. The molecule has 1 N–H and O–H groups in total. The second-order valence-corrected chi connectivity index (χ2v) is 6.35. The average Bonchev–Trinajstić information content (AvgIpc) is 2.81. The Bertz CT molecular complexity index is 591. The van der Waals surface area contributed by atoms with Gasteiger partial charge in [0.1, 0.15) is 31.0 Å². The van der Waals surface area contributed by atoms with E-state index in [1.54, 1.807) is 31.4 Å². The van der Waals surface area contributed by atoms with Crippen LogP contribution in [0.15, 0.2) is 24.3 Å². The zero-order chi connectivity index (χ0) is 16.6. The minimum Gasteiger partial charge on any atom is -0.497 e. The Morgan fingerprint density at radius 1 is 1.13 bits per heavy atom. The van der Waals surface area contributed by atoms with Crippen LogP contribution >= 0.6 is 0 Å². The number of benzene rings is 1. The molecule has 2 aliphatic rings. The van der Waals surface area contributed by atoms with Crippen molar-refractivity contribution in [1.29, 1.82) is 0 Å². The van der Waals surface area contributed by atoms with Gasteiger partial charge in [-0.1, -0.05) is 0 Å². The first-order valence-corrected chi connectivity index (χ1v) is 8.00. The van der Waals surface area contributed by atoms with E-state index in [1.807, 2.05) is 13.8 Å². The monoisotopic (exact) mass is 319 g/mol. The predicted octanol–water partition coefficient (Wildman–Crippen LogP) is 0.0192. The Kier molecular flexibility index (Phi) is 4.37. The number of anilines is 1. The minimum absolute atomic E-state index is 0.103. The molecule has 0 saturated carbocycles. The molecule has 0 aromatic heterocycles. The molecule has 0 aliphatic carbocycles. The molecule has 0 bridgehead atoms. The van der Waals surface area contributed by atoms with E-state index in [0.717, 1.165) is 18.0 Å². The Hall–Kier alpha value is -1.92. The molecule has 3 atom stereocenters. The topological polar surface area (TPSA) is 60.3 Å². The van der Waals surface area contributed by atoms with Crippen LogP contribution in [0.1, 0.15) is 20.3 Å². The third-order valence-corrected chi connectivity index (χ3v) is 4.53. The smallest absolute Gasteiger partial charge is 0.292 e. The SMILES string of the molecule is COc1ccc(N2C(=O)C[C@@H]([NH+]3C[C@@H](C)O[C@H](C)C3)C2=O)cc1. The van der Waals surface area contributed by atoms with Crippen LogP contribution in [0.5, 0.6) is 5.75 Å². The van der Waals surface area contributed by atoms with Crippen LogP contribution in [0.3, 0.4) is 0 Å². The Labute approximate surface area is 136 Å². The van der Waals surface area contributed by atoms with Crippen molar-refractivity contribution in [3.8, 4) is 5.75 Å². The van der Waals surface area contributed by atoms with Crippen LogP contribution < -0.4 is 14.5 Å². The summed E-state index contributed by atoms with van der Waals surface area (Å²) in [6, 6.07) is 6.70. The number of nitrogens with one attached hydrogen (secondary N) is 1. The van der Waals surface area contributed by atoms with Crippen LogP contribution in [0.4, 0.5) is 5.69 Å². The van der Waals surface area contributed by atoms with Crippen molar-refractivity contribution in [2.45, 2.75) is 38.5 Å². The predicted molar refractivity (Wildman–Crippen MR) is 84.6 cm³/mol. The van der Waals surface area contributed by atoms with Gasteiger partial charge in [-0.3, -0.25) is 9.59 Å². The molecule has 2 saturated heterocycles. The maximum atomic E-state index is 12.8. The van der Waals surface area contributed by atoms with E-state index in [1.165, 1.54) is 4.90 Å². The van der Waals surface area contributed by atoms with E-state index in [2.05, 4.69) is 0 Å². The van der Waals surface area contributed by atoms with Crippen molar-refractivity contribution in [3.63, 3.8) is 0 Å². The molecule has 0 spiro atoms. The maximum Gasteiger partial charge on any atom is 0.292 e. The van der Waals surface area contributed by atoms with Gasteiger partial charge in [0.15, 0.2) is 6.04 Å². The van der Waals surface area contributed by atoms with Crippen molar-refractivity contribution in [1.82, 2.24) is 0 Å². The van der Waals surface area contributed by atoms with Gasteiger partial charge in [-0.2, -0.15) is 0 Å². The van der Waals surface area contributed by atoms with E-state index in [-0.39, 0.29) is 36.5 Å². The van der Waals surface area contributed by atoms with E-state index in [0.29, 0.717) is 11.4 Å². The van der Waals surface area contributed by atoms with Crippen molar-refractivity contribution in [2.75, 3.05) is 25.1 Å². The highest BCUT2D eigenvalue weighted by Crippen LogP contribution is 2.24. The van der Waals surface area contributed by atoms with E-state index < -0.39 is 0 Å². The molecule has 6 nitrogen and oxygen atoms in total. The summed E-state index contributed by atoms with van der Waals surface area (Å²) in [5, 5.41) is 0. The van der Waals surface area contributed by atoms with Gasteiger partial charge in [0.05, 0.1) is 19.2 Å². The summed E-state index contributed by atoms with van der Waals surface area (Å²) in [5.74, 6) is 0.451. The lowest BCUT2D eigenvalue weighted by Crippen LogP contribution is -3.19. The number of carbonyl (C=O) groups is 2. The standard InChI is InChI=1S/C17H22N2O4/c1-11-9-18(10-12(2)23-11)15-8-16(20)19(17(15)21)13-4-6-14(22-3)7-5-13/h4-7,11-12,15H,8-10H2,1-3H3/p+1/t11-,12-,15-/m1/s1. The molecule has 124 valence electrons. The highest BCUT2D eigenvalue weighted by atomic mass is 16.5. The number of rotatable bonds is 3. The number of amides is 2. The molecule has 2 aliphatic heterocycles. The number of quaternary nitrogens is 1. The van der Waals surface area contributed by atoms with Gasteiger partial charge in [0.2, 0.25) is 5.91 Å². The van der Waals surface area contributed by atoms with Crippen molar-refractivity contribution >= 4 is 17.5 Å². The zero-order valence-corrected chi connectivity index (χ0v) is 13.7. The van der Waals surface area contributed by atoms with Crippen LogP contribution in [0, 0.1) is 0 Å². The molecule has 0 unspecified atom stereocenters. The number of hydrogen-bond donors (Lipinski definition) is 1. The zero-order valence-electron chi connectivity index (χ0n) is 13.7. The van der Waals surface area contributed by atoms with Gasteiger partial charge < -0.3 is 14.4 Å². The third kappa shape index (κ3) is 3.09. The van der Waals surface area contributed by atoms with Gasteiger partial charge in [0.25, 0.3) is 5.91 Å². The Morgan fingerprint density at radius 2 is 1.74 bits per heavy atom. The first kappa shape index (κ1) is 16.0. The van der Waals surface area contributed by atoms with Gasteiger partial charge >= 0.3 is 0 Å². The third-order valence-electron chi connectivity index (χ3n) is 4.53. The molecule has 0 radical (unpaired) electrons. The number of ether oxygens (including phenoxy) is 2. The highest BCUT2D eigenvalue weighted by molar-refractivity contribution is 6.21. The van der Waals surface area contributed by atoms with E-state index >= 15 is 0 Å². The van der Waals surface area contributed by atoms with Gasteiger partial charge in [0, 0.05) is 0 Å². The summed E-state index contributed by atoms with van der Waals surface area (Å²) in [6.07, 6.45) is 0.470. The average molecular weight is 319 g/mol. The van der Waals surface area contributed by atoms with Crippen molar-refractivity contribution in [3.05, 3.63) is 24.3 Å². The number of nitrogens with zero attached hydrogens (tertiary/aromatic N) is 1. The van der Waals surface area contributed by atoms with Crippen molar-refractivity contribution in [2.24, 2.45) is 0 Å². The quantitative estimate of drug-likeness (QED) is 0.798. The largest absolute Gasteiger partial charge is 0.497 e. The molecular weight excluding hydrogens is 296 g/mol. The summed E-state index contributed by atoms with van der Waals surface area (Å²) in [7, 11) is 1.58. The summed E-state index contributed by atoms with van der Waals surface area (Å²) >= 11 is 0. The normalized spacial score (nSPS) is 31.5. The summed E-state index contributed by atoms with van der Waals surface area (Å²) < 4.78 is 10.8. The number of imide groups is 1. The second-order valence-electron chi connectivity index (χ2n) is 6.35. The maximum absolute atomic E-state index is 12.8.